The smallest absolute Gasteiger partial charge is 0.244 e. The minimum Gasteiger partial charge on any atom is -0.392 e. The van der Waals surface area contributed by atoms with E-state index in [9.17, 15) is 5.11 Å². The highest BCUT2D eigenvalue weighted by molar-refractivity contribution is 7.09. The summed E-state index contributed by atoms with van der Waals surface area (Å²) in [6.07, 6.45) is 0.272. The molecule has 0 radical (unpaired) electrons. The summed E-state index contributed by atoms with van der Waals surface area (Å²) in [7, 11) is 0. The molecule has 0 bridgehead atoms. The van der Waals surface area contributed by atoms with Crippen molar-refractivity contribution >= 4 is 11.3 Å². The van der Waals surface area contributed by atoms with E-state index in [4.69, 9.17) is 4.52 Å². The van der Waals surface area contributed by atoms with Gasteiger partial charge in [-0.3, -0.25) is 4.90 Å². The highest BCUT2D eigenvalue weighted by atomic mass is 32.1. The van der Waals surface area contributed by atoms with Crippen molar-refractivity contribution in [2.45, 2.75) is 25.1 Å². The van der Waals surface area contributed by atoms with E-state index in [2.05, 4.69) is 26.5 Å². The molecule has 0 spiro atoms. The van der Waals surface area contributed by atoms with Gasteiger partial charge in [-0.2, -0.15) is 4.98 Å². The van der Waals surface area contributed by atoms with Crippen LogP contribution in [0.25, 0.3) is 11.4 Å². The molecule has 1 saturated heterocycles. The van der Waals surface area contributed by atoms with Gasteiger partial charge in [0.15, 0.2) is 0 Å². The van der Waals surface area contributed by atoms with Crippen molar-refractivity contribution in [1.82, 2.24) is 15.0 Å². The van der Waals surface area contributed by atoms with Crippen molar-refractivity contribution in [2.24, 2.45) is 0 Å². The van der Waals surface area contributed by atoms with Crippen molar-refractivity contribution in [3.63, 3.8) is 0 Å². The number of β-amino-alcohol motifs (C(OH)–C–C–N with tert-alkyl or cyclic N) is 1. The van der Waals surface area contributed by atoms with Gasteiger partial charge < -0.3 is 9.63 Å². The molecule has 3 aromatic rings. The van der Waals surface area contributed by atoms with E-state index in [-0.39, 0.29) is 12.1 Å². The zero-order valence-corrected chi connectivity index (χ0v) is 13.3. The fourth-order valence-corrected chi connectivity index (χ4v) is 3.72. The molecule has 6 heteroatoms. The Morgan fingerprint density at radius 3 is 2.87 bits per heavy atom. The Morgan fingerprint density at radius 1 is 1.22 bits per heavy atom. The topological polar surface area (TPSA) is 62.4 Å². The number of aromatic nitrogens is 2. The predicted octanol–water partition coefficient (Wildman–Crippen LogP) is 3.11. The summed E-state index contributed by atoms with van der Waals surface area (Å²) in [5, 5.41) is 16.2. The van der Waals surface area contributed by atoms with Gasteiger partial charge in [-0.25, -0.2) is 0 Å². The molecular formula is C17H17N3O2S. The van der Waals surface area contributed by atoms with Gasteiger partial charge in [-0.05, 0) is 17.9 Å². The van der Waals surface area contributed by atoms with Crippen LogP contribution in [0.1, 0.15) is 23.2 Å². The highest BCUT2D eigenvalue weighted by Crippen LogP contribution is 2.34. The number of aliphatic hydroxyl groups excluding tert-OH is 1. The molecule has 1 fully saturated rings. The van der Waals surface area contributed by atoms with Crippen LogP contribution < -0.4 is 0 Å². The minimum atomic E-state index is -0.355. The molecular weight excluding hydrogens is 310 g/mol. The van der Waals surface area contributed by atoms with Crippen LogP contribution in [0, 0.1) is 0 Å². The second-order valence-electron chi connectivity index (χ2n) is 5.74. The van der Waals surface area contributed by atoms with E-state index in [0.29, 0.717) is 24.7 Å². The fraction of sp³-hybridized carbons (Fsp3) is 0.294. The van der Waals surface area contributed by atoms with Crippen LogP contribution >= 0.6 is 11.3 Å². The zero-order valence-electron chi connectivity index (χ0n) is 12.5. The molecule has 0 saturated carbocycles. The molecule has 1 aromatic carbocycles. The summed E-state index contributed by atoms with van der Waals surface area (Å²) >= 11 is 1.72. The monoisotopic (exact) mass is 327 g/mol. The van der Waals surface area contributed by atoms with E-state index >= 15 is 0 Å². The van der Waals surface area contributed by atoms with Crippen molar-refractivity contribution in [2.75, 3.05) is 6.54 Å². The fourth-order valence-electron chi connectivity index (χ4n) is 2.99. The van der Waals surface area contributed by atoms with Gasteiger partial charge in [0, 0.05) is 23.5 Å². The molecule has 118 valence electrons. The van der Waals surface area contributed by atoms with Gasteiger partial charge in [0.2, 0.25) is 11.7 Å². The SMILES string of the molecule is OC1CC(c2nc(-c3ccccc3)no2)N(Cc2cccs2)C1. The number of nitrogens with zero attached hydrogens (tertiary/aromatic N) is 3. The van der Waals surface area contributed by atoms with E-state index in [1.165, 1.54) is 4.88 Å². The summed E-state index contributed by atoms with van der Waals surface area (Å²) in [4.78, 5) is 8.03. The molecule has 1 N–H and O–H groups in total. The van der Waals surface area contributed by atoms with Gasteiger partial charge in [0.25, 0.3) is 0 Å². The summed E-state index contributed by atoms with van der Waals surface area (Å²) < 4.78 is 5.49. The number of likely N-dealkylation sites (tertiary alicyclic amines) is 1. The number of hydrogen-bond donors (Lipinski definition) is 1. The molecule has 0 aliphatic carbocycles. The molecule has 0 amide bonds. The van der Waals surface area contributed by atoms with Crippen LogP contribution in [0.15, 0.2) is 52.4 Å². The number of thiophene rings is 1. The molecule has 3 heterocycles. The lowest BCUT2D eigenvalue weighted by atomic mass is 10.2. The third-order valence-corrected chi connectivity index (χ3v) is 4.94. The Balaban J connectivity index is 1.57. The Kier molecular flexibility index (Phi) is 3.95. The Bertz CT molecular complexity index is 757. The number of benzene rings is 1. The number of hydrogen-bond acceptors (Lipinski definition) is 6. The first-order valence-electron chi connectivity index (χ1n) is 7.63. The van der Waals surface area contributed by atoms with Gasteiger partial charge in [0.05, 0.1) is 12.1 Å². The average Bonchev–Trinajstić information content (AvgIpc) is 3.30. The quantitative estimate of drug-likeness (QED) is 0.798. The normalized spacial score (nSPS) is 21.8. The van der Waals surface area contributed by atoms with Gasteiger partial charge in [-0.15, -0.1) is 11.3 Å². The molecule has 2 aromatic heterocycles. The molecule has 2 unspecified atom stereocenters. The van der Waals surface area contributed by atoms with Crippen LogP contribution in [0.4, 0.5) is 0 Å². The van der Waals surface area contributed by atoms with E-state index in [1.54, 1.807) is 11.3 Å². The summed E-state index contributed by atoms with van der Waals surface area (Å²) in [6, 6.07) is 13.9. The first kappa shape index (κ1) is 14.6. The average molecular weight is 327 g/mol. The van der Waals surface area contributed by atoms with Gasteiger partial charge in [-0.1, -0.05) is 41.6 Å². The molecule has 23 heavy (non-hydrogen) atoms. The highest BCUT2D eigenvalue weighted by Gasteiger charge is 2.36. The lowest BCUT2D eigenvalue weighted by Crippen LogP contribution is -2.24. The molecule has 1 aliphatic rings. The maximum absolute atomic E-state index is 10.1. The van der Waals surface area contributed by atoms with E-state index in [0.717, 1.165) is 12.1 Å². The standard InChI is InChI=1S/C17H17N3O2S/c21-13-9-15(20(10-13)11-14-7-4-8-23-14)17-18-16(19-22-17)12-5-2-1-3-6-12/h1-8,13,15,21H,9-11H2. The predicted molar refractivity (Wildman–Crippen MR) is 87.8 cm³/mol. The molecule has 5 nitrogen and oxygen atoms in total. The largest absolute Gasteiger partial charge is 0.392 e. The lowest BCUT2D eigenvalue weighted by Gasteiger charge is -2.20. The summed E-state index contributed by atoms with van der Waals surface area (Å²) in [6.45, 7) is 1.42. The van der Waals surface area contributed by atoms with Crippen molar-refractivity contribution in [3.05, 3.63) is 58.6 Å². The third-order valence-electron chi connectivity index (χ3n) is 4.08. The van der Waals surface area contributed by atoms with Crippen LogP contribution in [0.3, 0.4) is 0 Å². The lowest BCUT2D eigenvalue weighted by molar-refractivity contribution is 0.170. The van der Waals surface area contributed by atoms with Crippen LogP contribution in [-0.4, -0.2) is 32.8 Å². The second-order valence-corrected chi connectivity index (χ2v) is 6.77. The van der Waals surface area contributed by atoms with Crippen LogP contribution in [0.2, 0.25) is 0 Å². The molecule has 2 atom stereocenters. The maximum atomic E-state index is 10.1. The van der Waals surface area contributed by atoms with Gasteiger partial charge in [0.1, 0.15) is 0 Å². The van der Waals surface area contributed by atoms with Crippen molar-refractivity contribution < 1.29 is 9.63 Å². The van der Waals surface area contributed by atoms with E-state index < -0.39 is 0 Å². The summed E-state index contributed by atoms with van der Waals surface area (Å²) in [5.41, 5.74) is 0.936. The Morgan fingerprint density at radius 2 is 2.09 bits per heavy atom. The van der Waals surface area contributed by atoms with Crippen molar-refractivity contribution in [1.29, 1.82) is 0 Å². The second kappa shape index (κ2) is 6.23. The minimum absolute atomic E-state index is 0.0305. The van der Waals surface area contributed by atoms with Crippen LogP contribution in [-0.2, 0) is 6.54 Å². The maximum Gasteiger partial charge on any atom is 0.244 e. The first-order chi connectivity index (χ1) is 11.3. The van der Waals surface area contributed by atoms with Crippen molar-refractivity contribution in [3.8, 4) is 11.4 Å². The number of rotatable bonds is 4. The van der Waals surface area contributed by atoms with Crippen LogP contribution in [0.5, 0.6) is 0 Å². The Labute approximate surface area is 138 Å². The third kappa shape index (κ3) is 3.06. The number of aliphatic hydroxyl groups is 1. The Hall–Kier alpha value is -2.02. The first-order valence-corrected chi connectivity index (χ1v) is 8.51. The molecule has 1 aliphatic heterocycles. The van der Waals surface area contributed by atoms with E-state index in [1.807, 2.05) is 36.4 Å². The summed E-state index contributed by atoms with van der Waals surface area (Å²) in [5.74, 6) is 1.18. The van der Waals surface area contributed by atoms with Gasteiger partial charge >= 0.3 is 0 Å². The molecule has 4 rings (SSSR count). The zero-order chi connectivity index (χ0) is 15.6.